The zero-order valence-electron chi connectivity index (χ0n) is 13.5. The number of piperidine rings is 1. The molecule has 0 bridgehead atoms. The SMILES string of the molecule is COCC(=O)N1CC[C@@H](NC(=O)c2ccc3cc[nH]c3c2)[C@H](O)C1. The van der Waals surface area contributed by atoms with Crippen molar-refractivity contribution in [2.45, 2.75) is 18.6 Å². The van der Waals surface area contributed by atoms with Crippen LogP contribution >= 0.6 is 0 Å². The number of nitrogens with zero attached hydrogens (tertiary/aromatic N) is 1. The van der Waals surface area contributed by atoms with Crippen molar-refractivity contribution in [1.82, 2.24) is 15.2 Å². The molecule has 1 fully saturated rings. The predicted molar refractivity (Wildman–Crippen MR) is 88.6 cm³/mol. The van der Waals surface area contributed by atoms with Crippen molar-refractivity contribution in [2.75, 3.05) is 26.8 Å². The molecule has 24 heavy (non-hydrogen) atoms. The lowest BCUT2D eigenvalue weighted by Gasteiger charge is -2.36. The van der Waals surface area contributed by atoms with Gasteiger partial charge < -0.3 is 25.0 Å². The number of aliphatic hydroxyl groups excluding tert-OH is 1. The second-order valence-corrected chi connectivity index (χ2v) is 5.99. The summed E-state index contributed by atoms with van der Waals surface area (Å²) in [7, 11) is 1.46. The molecule has 2 heterocycles. The monoisotopic (exact) mass is 331 g/mol. The van der Waals surface area contributed by atoms with Crippen LogP contribution in [0.1, 0.15) is 16.8 Å². The number of ether oxygens (including phenoxy) is 1. The van der Waals surface area contributed by atoms with Crippen LogP contribution in [-0.2, 0) is 9.53 Å². The molecule has 1 aromatic heterocycles. The minimum Gasteiger partial charge on any atom is -0.389 e. The standard InChI is InChI=1S/C17H21N3O4/c1-24-10-16(22)20-7-5-13(15(21)9-20)19-17(23)12-3-2-11-4-6-18-14(11)8-12/h2-4,6,8,13,15,18,21H,5,7,9-10H2,1H3,(H,19,23)/t13-,15-/m1/s1. The highest BCUT2D eigenvalue weighted by Crippen LogP contribution is 2.16. The summed E-state index contributed by atoms with van der Waals surface area (Å²) in [6, 6.07) is 6.99. The van der Waals surface area contributed by atoms with Gasteiger partial charge in [0.1, 0.15) is 6.61 Å². The van der Waals surface area contributed by atoms with E-state index in [1.807, 2.05) is 18.3 Å². The Morgan fingerprint density at radius 2 is 2.25 bits per heavy atom. The highest BCUT2D eigenvalue weighted by molar-refractivity contribution is 5.98. The van der Waals surface area contributed by atoms with E-state index in [0.717, 1.165) is 10.9 Å². The number of aromatic nitrogens is 1. The molecule has 3 N–H and O–H groups in total. The zero-order valence-corrected chi connectivity index (χ0v) is 13.5. The molecular weight excluding hydrogens is 310 g/mol. The molecule has 1 aliphatic rings. The first-order valence-electron chi connectivity index (χ1n) is 7.91. The molecule has 0 saturated carbocycles. The lowest BCUT2D eigenvalue weighted by atomic mass is 10.0. The maximum Gasteiger partial charge on any atom is 0.251 e. The van der Waals surface area contributed by atoms with Gasteiger partial charge in [-0.2, -0.15) is 0 Å². The van der Waals surface area contributed by atoms with Gasteiger partial charge in [0.05, 0.1) is 12.1 Å². The van der Waals surface area contributed by atoms with Crippen LogP contribution in [0.5, 0.6) is 0 Å². The van der Waals surface area contributed by atoms with E-state index in [-0.39, 0.29) is 31.0 Å². The molecule has 1 aromatic carbocycles. The van der Waals surface area contributed by atoms with Crippen molar-refractivity contribution in [1.29, 1.82) is 0 Å². The summed E-state index contributed by atoms with van der Waals surface area (Å²) in [5.41, 5.74) is 1.43. The highest BCUT2D eigenvalue weighted by Gasteiger charge is 2.31. The van der Waals surface area contributed by atoms with Crippen LogP contribution in [-0.4, -0.2) is 65.8 Å². The first-order valence-corrected chi connectivity index (χ1v) is 7.91. The summed E-state index contributed by atoms with van der Waals surface area (Å²) in [6.45, 7) is 0.683. The molecule has 7 heteroatoms. The van der Waals surface area contributed by atoms with Gasteiger partial charge in [-0.15, -0.1) is 0 Å². The van der Waals surface area contributed by atoms with Crippen LogP contribution in [0.2, 0.25) is 0 Å². The van der Waals surface area contributed by atoms with E-state index in [0.29, 0.717) is 18.5 Å². The Morgan fingerprint density at radius 3 is 3.00 bits per heavy atom. The maximum atomic E-state index is 12.4. The van der Waals surface area contributed by atoms with Crippen LogP contribution in [0, 0.1) is 0 Å². The summed E-state index contributed by atoms with van der Waals surface area (Å²) in [4.78, 5) is 28.8. The van der Waals surface area contributed by atoms with Gasteiger partial charge >= 0.3 is 0 Å². The van der Waals surface area contributed by atoms with E-state index >= 15 is 0 Å². The summed E-state index contributed by atoms with van der Waals surface area (Å²) in [5, 5.41) is 14.1. The first kappa shape index (κ1) is 16.5. The fourth-order valence-electron chi connectivity index (χ4n) is 2.98. The van der Waals surface area contributed by atoms with E-state index in [4.69, 9.17) is 4.74 Å². The largest absolute Gasteiger partial charge is 0.389 e. The summed E-state index contributed by atoms with van der Waals surface area (Å²) >= 11 is 0. The molecule has 1 aliphatic heterocycles. The number of hydrogen-bond donors (Lipinski definition) is 3. The highest BCUT2D eigenvalue weighted by atomic mass is 16.5. The molecule has 0 unspecified atom stereocenters. The summed E-state index contributed by atoms with van der Waals surface area (Å²) < 4.78 is 4.82. The summed E-state index contributed by atoms with van der Waals surface area (Å²) in [5.74, 6) is -0.384. The number of β-amino-alcohol motifs (C(OH)–C–C–N with tert-alkyl or cyclic N) is 1. The fourth-order valence-corrected chi connectivity index (χ4v) is 2.98. The first-order chi connectivity index (χ1) is 11.6. The molecule has 2 amide bonds. The quantitative estimate of drug-likeness (QED) is 0.761. The number of likely N-dealkylation sites (tertiary alicyclic amines) is 1. The number of benzene rings is 1. The summed E-state index contributed by atoms with van der Waals surface area (Å²) in [6.07, 6.45) is 1.54. The molecule has 2 aromatic rings. The lowest BCUT2D eigenvalue weighted by Crippen LogP contribution is -2.55. The van der Waals surface area contributed by atoms with Crippen molar-refractivity contribution < 1.29 is 19.4 Å². The van der Waals surface area contributed by atoms with Crippen molar-refractivity contribution >= 4 is 22.7 Å². The van der Waals surface area contributed by atoms with Gasteiger partial charge in [-0.25, -0.2) is 0 Å². The topological polar surface area (TPSA) is 94.7 Å². The van der Waals surface area contributed by atoms with Crippen LogP contribution in [0.15, 0.2) is 30.5 Å². The van der Waals surface area contributed by atoms with Crippen molar-refractivity contribution in [3.8, 4) is 0 Å². The molecule has 0 spiro atoms. The normalized spacial score (nSPS) is 21.0. The molecule has 0 radical (unpaired) electrons. The number of amides is 2. The number of aliphatic hydroxyl groups is 1. The number of carbonyl (C=O) groups excluding carboxylic acids is 2. The Kier molecular flexibility index (Phi) is 4.82. The number of hydrogen-bond acceptors (Lipinski definition) is 4. The Hall–Kier alpha value is -2.38. The number of rotatable bonds is 4. The molecule has 2 atom stereocenters. The molecule has 1 saturated heterocycles. The van der Waals surface area contributed by atoms with E-state index in [1.54, 1.807) is 17.0 Å². The zero-order chi connectivity index (χ0) is 17.1. The van der Waals surface area contributed by atoms with Gasteiger partial charge in [-0.3, -0.25) is 9.59 Å². The number of methoxy groups -OCH3 is 1. The van der Waals surface area contributed by atoms with E-state index in [1.165, 1.54) is 7.11 Å². The third-order valence-corrected chi connectivity index (χ3v) is 4.34. The van der Waals surface area contributed by atoms with Crippen molar-refractivity contribution in [3.05, 3.63) is 36.0 Å². The van der Waals surface area contributed by atoms with Crippen LogP contribution in [0.3, 0.4) is 0 Å². The van der Waals surface area contributed by atoms with Gasteiger partial charge in [-0.05, 0) is 30.0 Å². The Bertz CT molecular complexity index is 742. The molecule has 7 nitrogen and oxygen atoms in total. The number of H-pyrrole nitrogens is 1. The Labute approximate surface area is 139 Å². The smallest absolute Gasteiger partial charge is 0.251 e. The van der Waals surface area contributed by atoms with Gasteiger partial charge in [0.15, 0.2) is 0 Å². The Morgan fingerprint density at radius 1 is 1.42 bits per heavy atom. The maximum absolute atomic E-state index is 12.4. The second kappa shape index (κ2) is 7.02. The minimum absolute atomic E-state index is 0.0000924. The van der Waals surface area contributed by atoms with E-state index in [2.05, 4.69) is 10.3 Å². The van der Waals surface area contributed by atoms with Crippen LogP contribution in [0.4, 0.5) is 0 Å². The number of aromatic amines is 1. The van der Waals surface area contributed by atoms with Crippen LogP contribution in [0.25, 0.3) is 10.9 Å². The third-order valence-electron chi connectivity index (χ3n) is 4.34. The number of fused-ring (bicyclic) bond motifs is 1. The Balaban J connectivity index is 1.61. The number of carbonyl (C=O) groups is 2. The molecule has 3 rings (SSSR count). The average Bonchev–Trinajstić information content (AvgIpc) is 3.04. The van der Waals surface area contributed by atoms with E-state index < -0.39 is 6.10 Å². The number of nitrogens with one attached hydrogen (secondary N) is 2. The van der Waals surface area contributed by atoms with Crippen molar-refractivity contribution in [2.24, 2.45) is 0 Å². The van der Waals surface area contributed by atoms with E-state index in [9.17, 15) is 14.7 Å². The predicted octanol–water partition coefficient (Wildman–Crippen LogP) is 0.506. The van der Waals surface area contributed by atoms with Gasteiger partial charge in [-0.1, -0.05) is 6.07 Å². The third kappa shape index (κ3) is 3.42. The fraction of sp³-hybridized carbons (Fsp3) is 0.412. The van der Waals surface area contributed by atoms with Crippen molar-refractivity contribution in [3.63, 3.8) is 0 Å². The van der Waals surface area contributed by atoms with Gasteiger partial charge in [0.25, 0.3) is 5.91 Å². The van der Waals surface area contributed by atoms with Gasteiger partial charge in [0.2, 0.25) is 5.91 Å². The second-order valence-electron chi connectivity index (χ2n) is 5.99. The van der Waals surface area contributed by atoms with Gasteiger partial charge in [0, 0.05) is 37.5 Å². The average molecular weight is 331 g/mol. The molecule has 128 valence electrons. The lowest BCUT2D eigenvalue weighted by molar-refractivity contribution is -0.138. The van der Waals surface area contributed by atoms with Crippen LogP contribution < -0.4 is 5.32 Å². The molecular formula is C17H21N3O4. The molecule has 0 aliphatic carbocycles. The minimum atomic E-state index is -0.794.